The van der Waals surface area contributed by atoms with E-state index in [9.17, 15) is 13.2 Å². The van der Waals surface area contributed by atoms with Crippen LogP contribution in [-0.4, -0.2) is 32.2 Å². The Balaban J connectivity index is 1.64. The largest absolute Gasteiger partial charge is 0.308 e. The maximum absolute atomic E-state index is 13.0. The second-order valence-electron chi connectivity index (χ2n) is 6.66. The molecule has 29 heavy (non-hydrogen) atoms. The maximum atomic E-state index is 13.0. The van der Waals surface area contributed by atoms with Gasteiger partial charge in [0.25, 0.3) is 10.0 Å². The summed E-state index contributed by atoms with van der Waals surface area (Å²) in [5.74, 6) is -0.0259. The van der Waals surface area contributed by atoms with E-state index in [1.54, 1.807) is 29.5 Å². The van der Waals surface area contributed by atoms with Crippen LogP contribution in [0.25, 0.3) is 0 Å². The summed E-state index contributed by atoms with van der Waals surface area (Å²) in [6.45, 7) is 0.771. The van der Waals surface area contributed by atoms with Crippen LogP contribution in [0.1, 0.15) is 18.4 Å². The van der Waals surface area contributed by atoms with Crippen molar-refractivity contribution >= 4 is 33.0 Å². The first-order valence-electron chi connectivity index (χ1n) is 9.37. The Morgan fingerprint density at radius 3 is 2.21 bits per heavy atom. The lowest BCUT2D eigenvalue weighted by molar-refractivity contribution is -0.118. The number of nitrogens with zero attached hydrogens (tertiary/aromatic N) is 2. The fraction of sp³-hybridized carbons (Fsp3) is 0.227. The van der Waals surface area contributed by atoms with Gasteiger partial charge in [-0.25, -0.2) is 12.7 Å². The predicted molar refractivity (Wildman–Crippen MR) is 117 cm³/mol. The van der Waals surface area contributed by atoms with Crippen molar-refractivity contribution in [1.29, 1.82) is 0 Å². The lowest BCUT2D eigenvalue weighted by atomic mass is 10.1. The highest BCUT2D eigenvalue weighted by Gasteiger charge is 2.22. The zero-order valence-electron chi connectivity index (χ0n) is 16.3. The van der Waals surface area contributed by atoms with Gasteiger partial charge in [-0.05, 0) is 35.6 Å². The summed E-state index contributed by atoms with van der Waals surface area (Å²) in [5.41, 5.74) is 1.88. The lowest BCUT2D eigenvalue weighted by Gasteiger charge is -2.24. The van der Waals surface area contributed by atoms with E-state index in [1.165, 1.54) is 15.6 Å². The zero-order valence-corrected chi connectivity index (χ0v) is 17.9. The molecule has 3 aromatic rings. The van der Waals surface area contributed by atoms with Gasteiger partial charge in [0.2, 0.25) is 5.91 Å². The van der Waals surface area contributed by atoms with E-state index in [1.807, 2.05) is 60.7 Å². The van der Waals surface area contributed by atoms with E-state index in [-0.39, 0.29) is 12.3 Å². The Hall–Kier alpha value is -2.48. The molecule has 0 aliphatic heterocycles. The third-order valence-corrected chi connectivity index (χ3v) is 7.81. The zero-order chi connectivity index (χ0) is 20.7. The smallest absolute Gasteiger partial charge is 0.252 e. The molecule has 0 spiro atoms. The standard InChI is InChI=1S/C22H24N2O3S2/c1-23(29(26,27)22-15-9-17-28-22)16-8-14-21(25)24(20-12-6-3-7-13-20)18-19-10-4-2-5-11-19/h2-7,9-13,15,17H,8,14,16,18H2,1H3. The molecule has 0 aliphatic carbocycles. The summed E-state index contributed by atoms with van der Waals surface area (Å²) in [7, 11) is -1.93. The Labute approximate surface area is 176 Å². The number of hydrogen-bond acceptors (Lipinski definition) is 4. The van der Waals surface area contributed by atoms with E-state index >= 15 is 0 Å². The van der Waals surface area contributed by atoms with Crippen LogP contribution in [0, 0.1) is 0 Å². The van der Waals surface area contributed by atoms with E-state index in [2.05, 4.69) is 0 Å². The van der Waals surface area contributed by atoms with Gasteiger partial charge in [0.1, 0.15) is 4.21 Å². The molecule has 1 aromatic heterocycles. The molecule has 7 heteroatoms. The number of rotatable bonds is 9. The van der Waals surface area contributed by atoms with Gasteiger partial charge in [-0.15, -0.1) is 11.3 Å². The van der Waals surface area contributed by atoms with Crippen molar-refractivity contribution in [2.75, 3.05) is 18.5 Å². The molecule has 0 bridgehead atoms. The van der Waals surface area contributed by atoms with Crippen molar-refractivity contribution in [2.24, 2.45) is 0 Å². The average molecular weight is 429 g/mol. The van der Waals surface area contributed by atoms with Crippen molar-refractivity contribution in [3.05, 3.63) is 83.7 Å². The quantitative estimate of drug-likeness (QED) is 0.508. The molecular formula is C22H24N2O3S2. The van der Waals surface area contributed by atoms with Crippen molar-refractivity contribution in [1.82, 2.24) is 4.31 Å². The normalized spacial score (nSPS) is 11.5. The minimum Gasteiger partial charge on any atom is -0.308 e. The average Bonchev–Trinajstić information content (AvgIpc) is 3.29. The molecule has 1 heterocycles. The highest BCUT2D eigenvalue weighted by molar-refractivity contribution is 7.91. The Bertz CT molecular complexity index is 1000. The second kappa shape index (κ2) is 9.82. The van der Waals surface area contributed by atoms with Crippen LogP contribution in [0.4, 0.5) is 5.69 Å². The van der Waals surface area contributed by atoms with E-state index in [0.29, 0.717) is 23.7 Å². The molecule has 0 saturated carbocycles. The summed E-state index contributed by atoms with van der Waals surface area (Å²) in [6.07, 6.45) is 0.726. The molecule has 0 saturated heterocycles. The van der Waals surface area contributed by atoms with Crippen molar-refractivity contribution in [3.8, 4) is 0 Å². The van der Waals surface area contributed by atoms with Gasteiger partial charge >= 0.3 is 0 Å². The van der Waals surface area contributed by atoms with E-state index < -0.39 is 10.0 Å². The minimum absolute atomic E-state index is 0.0259. The highest BCUT2D eigenvalue weighted by Crippen LogP contribution is 2.21. The Kier molecular flexibility index (Phi) is 7.19. The number of amides is 1. The summed E-state index contributed by atoms with van der Waals surface area (Å²) in [5, 5.41) is 1.74. The number of sulfonamides is 1. The molecular weight excluding hydrogens is 404 g/mol. The van der Waals surface area contributed by atoms with Crippen LogP contribution in [0.2, 0.25) is 0 Å². The van der Waals surface area contributed by atoms with Gasteiger partial charge in [-0.1, -0.05) is 54.6 Å². The van der Waals surface area contributed by atoms with Crippen LogP contribution in [0.15, 0.2) is 82.4 Å². The molecule has 3 rings (SSSR count). The number of benzene rings is 2. The van der Waals surface area contributed by atoms with Crippen LogP contribution in [0.3, 0.4) is 0 Å². The summed E-state index contributed by atoms with van der Waals surface area (Å²) >= 11 is 1.20. The number of para-hydroxylation sites is 1. The van der Waals surface area contributed by atoms with Gasteiger partial charge in [0, 0.05) is 25.7 Å². The molecule has 0 N–H and O–H groups in total. The van der Waals surface area contributed by atoms with Crippen LogP contribution >= 0.6 is 11.3 Å². The van der Waals surface area contributed by atoms with Gasteiger partial charge < -0.3 is 4.90 Å². The maximum Gasteiger partial charge on any atom is 0.252 e. The van der Waals surface area contributed by atoms with Crippen LogP contribution in [-0.2, 0) is 21.4 Å². The van der Waals surface area contributed by atoms with E-state index in [0.717, 1.165) is 11.3 Å². The monoisotopic (exact) mass is 428 g/mol. The van der Waals surface area contributed by atoms with Crippen molar-refractivity contribution < 1.29 is 13.2 Å². The first kappa shape index (κ1) is 21.2. The molecule has 0 fully saturated rings. The van der Waals surface area contributed by atoms with Crippen molar-refractivity contribution in [3.63, 3.8) is 0 Å². The number of hydrogen-bond donors (Lipinski definition) is 0. The third-order valence-electron chi connectivity index (χ3n) is 4.58. The fourth-order valence-corrected chi connectivity index (χ4v) is 5.38. The predicted octanol–water partition coefficient (Wildman–Crippen LogP) is 4.38. The number of carbonyl (C=O) groups excluding carboxylic acids is 1. The number of carbonyl (C=O) groups is 1. The van der Waals surface area contributed by atoms with Gasteiger partial charge in [-0.3, -0.25) is 4.79 Å². The molecule has 0 atom stereocenters. The number of anilines is 1. The second-order valence-corrected chi connectivity index (χ2v) is 9.88. The van der Waals surface area contributed by atoms with Gasteiger partial charge in [0.15, 0.2) is 0 Å². The molecule has 0 unspecified atom stereocenters. The summed E-state index contributed by atoms with van der Waals surface area (Å²) in [4.78, 5) is 14.7. The minimum atomic E-state index is -3.49. The third kappa shape index (κ3) is 5.53. The molecule has 2 aromatic carbocycles. The van der Waals surface area contributed by atoms with Gasteiger partial charge in [0.05, 0.1) is 6.54 Å². The highest BCUT2D eigenvalue weighted by atomic mass is 32.2. The number of thiophene rings is 1. The lowest BCUT2D eigenvalue weighted by Crippen LogP contribution is -2.32. The molecule has 5 nitrogen and oxygen atoms in total. The Morgan fingerprint density at radius 2 is 1.59 bits per heavy atom. The molecule has 0 aliphatic rings. The summed E-state index contributed by atoms with van der Waals surface area (Å²) in [6, 6.07) is 22.7. The van der Waals surface area contributed by atoms with Crippen LogP contribution in [0.5, 0.6) is 0 Å². The van der Waals surface area contributed by atoms with Gasteiger partial charge in [-0.2, -0.15) is 0 Å². The summed E-state index contributed by atoms with van der Waals surface area (Å²) < 4.78 is 26.6. The topological polar surface area (TPSA) is 57.7 Å². The van der Waals surface area contributed by atoms with Crippen molar-refractivity contribution in [2.45, 2.75) is 23.6 Å². The Morgan fingerprint density at radius 1 is 0.931 bits per heavy atom. The fourth-order valence-electron chi connectivity index (χ4n) is 2.97. The van der Waals surface area contributed by atoms with Crippen LogP contribution < -0.4 is 4.90 Å². The van der Waals surface area contributed by atoms with E-state index in [4.69, 9.17) is 0 Å². The molecule has 1 amide bonds. The molecule has 0 radical (unpaired) electrons. The first-order chi connectivity index (χ1) is 14.0. The molecule has 152 valence electrons. The SMILES string of the molecule is CN(CCCC(=O)N(Cc1ccccc1)c1ccccc1)S(=O)(=O)c1cccs1. The first-order valence-corrected chi connectivity index (χ1v) is 11.7.